The molecule has 114 valence electrons. The molecule has 1 aromatic rings. The van der Waals surface area contributed by atoms with Gasteiger partial charge in [0.25, 0.3) is 0 Å². The summed E-state index contributed by atoms with van der Waals surface area (Å²) in [5.41, 5.74) is 2.16. The first kappa shape index (κ1) is 17.0. The van der Waals surface area contributed by atoms with E-state index in [0.29, 0.717) is 11.8 Å². The average molecular weight is 278 g/mol. The predicted molar refractivity (Wildman–Crippen MR) is 85.1 cm³/mol. The summed E-state index contributed by atoms with van der Waals surface area (Å²) in [4.78, 5) is 4.38. The van der Waals surface area contributed by atoms with Gasteiger partial charge < -0.3 is 10.1 Å². The smallest absolute Gasteiger partial charge is 0.127 e. The molecule has 1 N–H and O–H groups in total. The molecule has 3 nitrogen and oxygen atoms in total. The Morgan fingerprint density at radius 1 is 1.30 bits per heavy atom. The van der Waals surface area contributed by atoms with E-state index in [4.69, 9.17) is 4.74 Å². The van der Waals surface area contributed by atoms with Crippen LogP contribution in [0, 0.1) is 18.8 Å². The van der Waals surface area contributed by atoms with Gasteiger partial charge in [-0.15, -0.1) is 0 Å². The fraction of sp³-hybridized carbons (Fsp3) is 0.706. The molecule has 0 bridgehead atoms. The number of nitrogens with zero attached hydrogens (tertiary/aromatic N) is 1. The Labute approximate surface area is 124 Å². The van der Waals surface area contributed by atoms with Crippen LogP contribution in [0.3, 0.4) is 0 Å². The number of hydrogen-bond donors (Lipinski definition) is 1. The molecule has 0 fully saturated rings. The van der Waals surface area contributed by atoms with Crippen LogP contribution in [-0.2, 0) is 6.54 Å². The lowest BCUT2D eigenvalue weighted by Crippen LogP contribution is -2.20. The van der Waals surface area contributed by atoms with Crippen molar-refractivity contribution in [3.63, 3.8) is 0 Å². The Morgan fingerprint density at radius 3 is 2.70 bits per heavy atom. The Morgan fingerprint density at radius 2 is 2.05 bits per heavy atom. The van der Waals surface area contributed by atoms with E-state index < -0.39 is 0 Å². The van der Waals surface area contributed by atoms with Crippen molar-refractivity contribution >= 4 is 0 Å². The second kappa shape index (κ2) is 8.96. The summed E-state index contributed by atoms with van der Waals surface area (Å²) in [6, 6.07) is 2.05. The summed E-state index contributed by atoms with van der Waals surface area (Å²) < 4.78 is 6.01. The van der Waals surface area contributed by atoms with Gasteiger partial charge in [-0.2, -0.15) is 0 Å². The van der Waals surface area contributed by atoms with Crippen LogP contribution in [0.15, 0.2) is 12.3 Å². The molecule has 0 saturated heterocycles. The van der Waals surface area contributed by atoms with Gasteiger partial charge in [0.15, 0.2) is 0 Å². The van der Waals surface area contributed by atoms with Crippen LogP contribution in [-0.4, -0.2) is 18.1 Å². The van der Waals surface area contributed by atoms with Crippen molar-refractivity contribution in [3.8, 4) is 5.75 Å². The number of rotatable bonds is 9. The molecule has 0 aliphatic carbocycles. The zero-order valence-electron chi connectivity index (χ0n) is 13.7. The quantitative estimate of drug-likeness (QED) is 0.742. The standard InChI is InChI=1S/C17H30N2O/c1-6-7-14(4)12-20-17-8-15(5)19-11-16(17)10-18-9-13(2)3/h8,11,13-14,18H,6-7,9-10,12H2,1-5H3. The third-order valence-electron chi connectivity index (χ3n) is 3.25. The minimum absolute atomic E-state index is 0.602. The maximum atomic E-state index is 6.01. The molecule has 0 aliphatic rings. The summed E-state index contributed by atoms with van der Waals surface area (Å²) in [5.74, 6) is 2.24. The van der Waals surface area contributed by atoms with Gasteiger partial charge in [0.05, 0.1) is 6.61 Å². The summed E-state index contributed by atoms with van der Waals surface area (Å²) >= 11 is 0. The normalized spacial score (nSPS) is 12.7. The fourth-order valence-electron chi connectivity index (χ4n) is 2.13. The van der Waals surface area contributed by atoms with Crippen molar-refractivity contribution in [2.75, 3.05) is 13.2 Å². The highest BCUT2D eigenvalue weighted by Crippen LogP contribution is 2.20. The monoisotopic (exact) mass is 278 g/mol. The van der Waals surface area contributed by atoms with Crippen molar-refractivity contribution in [3.05, 3.63) is 23.5 Å². The number of aryl methyl sites for hydroxylation is 1. The van der Waals surface area contributed by atoms with E-state index in [9.17, 15) is 0 Å². The van der Waals surface area contributed by atoms with Gasteiger partial charge in [0, 0.05) is 30.1 Å². The van der Waals surface area contributed by atoms with Crippen molar-refractivity contribution < 1.29 is 4.74 Å². The highest BCUT2D eigenvalue weighted by atomic mass is 16.5. The van der Waals surface area contributed by atoms with Gasteiger partial charge in [-0.3, -0.25) is 4.98 Å². The van der Waals surface area contributed by atoms with Crippen molar-refractivity contribution in [2.24, 2.45) is 11.8 Å². The zero-order chi connectivity index (χ0) is 15.0. The molecule has 1 heterocycles. The molecule has 0 aliphatic heterocycles. The summed E-state index contributed by atoms with van der Waals surface area (Å²) in [5, 5.41) is 3.45. The lowest BCUT2D eigenvalue weighted by Gasteiger charge is -2.16. The van der Waals surface area contributed by atoms with Crippen LogP contribution in [0.2, 0.25) is 0 Å². The lowest BCUT2D eigenvalue weighted by atomic mass is 10.1. The number of pyridine rings is 1. The van der Waals surface area contributed by atoms with Crippen molar-refractivity contribution in [2.45, 2.75) is 54.0 Å². The first-order valence-electron chi connectivity index (χ1n) is 7.82. The molecule has 0 saturated carbocycles. The summed E-state index contributed by atoms with van der Waals surface area (Å²) in [6.07, 6.45) is 4.36. The number of ether oxygens (including phenoxy) is 1. The van der Waals surface area contributed by atoms with Gasteiger partial charge in [-0.25, -0.2) is 0 Å². The second-order valence-electron chi connectivity index (χ2n) is 6.16. The van der Waals surface area contributed by atoms with Crippen molar-refractivity contribution in [1.82, 2.24) is 10.3 Å². The molecular formula is C17H30N2O. The van der Waals surface area contributed by atoms with Gasteiger partial charge in [-0.1, -0.05) is 34.1 Å². The molecule has 1 atom stereocenters. The van der Waals surface area contributed by atoms with Crippen LogP contribution < -0.4 is 10.1 Å². The highest BCUT2D eigenvalue weighted by molar-refractivity contribution is 5.32. The van der Waals surface area contributed by atoms with E-state index in [-0.39, 0.29) is 0 Å². The van der Waals surface area contributed by atoms with E-state index in [1.807, 2.05) is 19.2 Å². The number of aromatic nitrogens is 1. The largest absolute Gasteiger partial charge is 0.493 e. The highest BCUT2D eigenvalue weighted by Gasteiger charge is 2.08. The lowest BCUT2D eigenvalue weighted by molar-refractivity contribution is 0.248. The van der Waals surface area contributed by atoms with Crippen molar-refractivity contribution in [1.29, 1.82) is 0 Å². The Balaban J connectivity index is 2.60. The molecule has 1 aromatic heterocycles. The van der Waals surface area contributed by atoms with Gasteiger partial charge >= 0.3 is 0 Å². The molecule has 20 heavy (non-hydrogen) atoms. The Bertz CT molecular complexity index is 391. The van der Waals surface area contributed by atoms with Crippen LogP contribution in [0.1, 0.15) is 51.8 Å². The van der Waals surface area contributed by atoms with Crippen LogP contribution >= 0.6 is 0 Å². The second-order valence-corrected chi connectivity index (χ2v) is 6.16. The van der Waals surface area contributed by atoms with Gasteiger partial charge in [0.2, 0.25) is 0 Å². The molecular weight excluding hydrogens is 248 g/mol. The third kappa shape index (κ3) is 6.38. The van der Waals surface area contributed by atoms with E-state index in [0.717, 1.165) is 36.7 Å². The third-order valence-corrected chi connectivity index (χ3v) is 3.25. The Hall–Kier alpha value is -1.09. The maximum absolute atomic E-state index is 6.01. The summed E-state index contributed by atoms with van der Waals surface area (Å²) in [6.45, 7) is 13.5. The summed E-state index contributed by atoms with van der Waals surface area (Å²) in [7, 11) is 0. The minimum Gasteiger partial charge on any atom is -0.493 e. The molecule has 0 amide bonds. The van der Waals surface area contributed by atoms with E-state index in [2.05, 4.69) is 38.0 Å². The van der Waals surface area contributed by atoms with E-state index >= 15 is 0 Å². The number of hydrogen-bond acceptors (Lipinski definition) is 3. The molecule has 3 heteroatoms. The van der Waals surface area contributed by atoms with Gasteiger partial charge in [-0.05, 0) is 31.7 Å². The SMILES string of the molecule is CCCC(C)COc1cc(C)ncc1CNCC(C)C. The van der Waals surface area contributed by atoms with Crippen LogP contribution in [0.4, 0.5) is 0 Å². The predicted octanol–water partition coefficient (Wildman–Crippen LogP) is 3.95. The zero-order valence-corrected chi connectivity index (χ0v) is 13.7. The fourth-order valence-corrected chi connectivity index (χ4v) is 2.13. The maximum Gasteiger partial charge on any atom is 0.127 e. The van der Waals surface area contributed by atoms with Crippen LogP contribution in [0.25, 0.3) is 0 Å². The first-order valence-corrected chi connectivity index (χ1v) is 7.82. The first-order chi connectivity index (χ1) is 9.52. The van der Waals surface area contributed by atoms with E-state index in [1.54, 1.807) is 0 Å². The molecule has 0 aromatic carbocycles. The number of nitrogens with one attached hydrogen (secondary N) is 1. The molecule has 1 unspecified atom stereocenters. The molecule has 1 rings (SSSR count). The van der Waals surface area contributed by atoms with Crippen LogP contribution in [0.5, 0.6) is 5.75 Å². The Kier molecular flexibility index (Phi) is 7.60. The van der Waals surface area contributed by atoms with E-state index in [1.165, 1.54) is 12.8 Å². The van der Waals surface area contributed by atoms with Gasteiger partial charge in [0.1, 0.15) is 5.75 Å². The molecule has 0 spiro atoms. The molecule has 0 radical (unpaired) electrons. The topological polar surface area (TPSA) is 34.1 Å². The average Bonchev–Trinajstić information content (AvgIpc) is 2.38. The minimum atomic E-state index is 0.602.